The summed E-state index contributed by atoms with van der Waals surface area (Å²) in [5.74, 6) is -2.14. The average molecular weight is 457 g/mol. The van der Waals surface area contributed by atoms with Gasteiger partial charge < -0.3 is 14.4 Å². The SMILES string of the molecule is C=CCN1C=C2C(=O)C(C)(OC(=O)c3cnc4ccccc4n3)C(=O)C=C2C=C1/C=C/COC. The molecule has 1 unspecified atom stereocenters. The van der Waals surface area contributed by atoms with Gasteiger partial charge in [0, 0.05) is 31.1 Å². The van der Waals surface area contributed by atoms with Crippen LogP contribution in [0.15, 0.2) is 90.5 Å². The van der Waals surface area contributed by atoms with Crippen LogP contribution in [0, 0.1) is 0 Å². The van der Waals surface area contributed by atoms with E-state index in [9.17, 15) is 14.4 Å². The lowest BCUT2D eigenvalue weighted by Crippen LogP contribution is -2.51. The minimum atomic E-state index is -2.02. The van der Waals surface area contributed by atoms with Crippen molar-refractivity contribution in [2.24, 2.45) is 0 Å². The summed E-state index contributed by atoms with van der Waals surface area (Å²) in [6, 6.07) is 7.04. The zero-order chi connectivity index (χ0) is 24.3. The first kappa shape index (κ1) is 23.0. The second-order valence-electron chi connectivity index (χ2n) is 7.87. The van der Waals surface area contributed by atoms with Gasteiger partial charge >= 0.3 is 5.97 Å². The molecular formula is C26H23N3O5. The third-order valence-corrected chi connectivity index (χ3v) is 5.50. The standard InChI is InChI=1S/C26H23N3O5/c1-4-11-29-16-19-17(13-18(29)8-7-12-33-3)14-23(30)26(2,24(19)31)34-25(32)22-15-27-20-9-5-6-10-21(20)28-22/h4-10,13-16H,1,11-12H2,2-3H3/b8-7+. The molecule has 8 nitrogen and oxygen atoms in total. The van der Waals surface area contributed by atoms with Gasteiger partial charge in [-0.2, -0.15) is 0 Å². The van der Waals surface area contributed by atoms with E-state index in [4.69, 9.17) is 9.47 Å². The number of esters is 1. The molecule has 8 heteroatoms. The highest BCUT2D eigenvalue weighted by atomic mass is 16.6. The highest BCUT2D eigenvalue weighted by molar-refractivity contribution is 6.26. The number of Topliss-reactive ketones (excluding diaryl/α,β-unsaturated/α-hetero) is 1. The van der Waals surface area contributed by atoms with Crippen molar-refractivity contribution in [1.82, 2.24) is 14.9 Å². The highest BCUT2D eigenvalue weighted by Crippen LogP contribution is 2.34. The Bertz CT molecular complexity index is 1320. The van der Waals surface area contributed by atoms with Crippen LogP contribution in [-0.2, 0) is 19.1 Å². The first-order chi connectivity index (χ1) is 16.4. The number of hydrogen-bond donors (Lipinski definition) is 0. The van der Waals surface area contributed by atoms with E-state index in [1.165, 1.54) is 19.2 Å². The highest BCUT2D eigenvalue weighted by Gasteiger charge is 2.49. The van der Waals surface area contributed by atoms with Gasteiger partial charge in [-0.15, -0.1) is 6.58 Å². The van der Waals surface area contributed by atoms with Crippen molar-refractivity contribution in [2.45, 2.75) is 12.5 Å². The largest absolute Gasteiger partial charge is 0.438 e. The molecule has 0 saturated heterocycles. The number of methoxy groups -OCH3 is 1. The van der Waals surface area contributed by atoms with Crippen LogP contribution < -0.4 is 0 Å². The van der Waals surface area contributed by atoms with E-state index in [2.05, 4.69) is 16.5 Å². The summed E-state index contributed by atoms with van der Waals surface area (Å²) < 4.78 is 10.5. The zero-order valence-corrected chi connectivity index (χ0v) is 18.9. The molecule has 0 amide bonds. The molecule has 0 fully saturated rings. The molecule has 2 aliphatic rings. The molecule has 34 heavy (non-hydrogen) atoms. The number of fused-ring (bicyclic) bond motifs is 2. The second-order valence-corrected chi connectivity index (χ2v) is 7.87. The van der Waals surface area contributed by atoms with Gasteiger partial charge in [0.25, 0.3) is 0 Å². The predicted molar refractivity (Wildman–Crippen MR) is 126 cm³/mol. The maximum atomic E-state index is 13.4. The van der Waals surface area contributed by atoms with E-state index in [0.29, 0.717) is 29.8 Å². The van der Waals surface area contributed by atoms with E-state index in [0.717, 1.165) is 5.70 Å². The summed E-state index contributed by atoms with van der Waals surface area (Å²) in [5.41, 5.74) is 0.485. The van der Waals surface area contributed by atoms with Crippen molar-refractivity contribution in [2.75, 3.05) is 20.3 Å². The number of aromatic nitrogens is 2. The molecule has 4 rings (SSSR count). The van der Waals surface area contributed by atoms with Gasteiger partial charge in [0.15, 0.2) is 5.69 Å². The predicted octanol–water partition coefficient (Wildman–Crippen LogP) is 3.10. The Balaban J connectivity index is 1.65. The molecule has 2 heterocycles. The number of benzene rings is 1. The summed E-state index contributed by atoms with van der Waals surface area (Å²) in [6.07, 6.45) is 11.3. The van der Waals surface area contributed by atoms with Crippen LogP contribution in [0.5, 0.6) is 0 Å². The van der Waals surface area contributed by atoms with Crippen molar-refractivity contribution in [3.63, 3.8) is 0 Å². The van der Waals surface area contributed by atoms with E-state index in [-0.39, 0.29) is 11.3 Å². The number of carbonyl (C=O) groups is 3. The molecule has 172 valence electrons. The molecule has 1 aromatic carbocycles. The Hall–Kier alpha value is -4.17. The topological polar surface area (TPSA) is 98.7 Å². The molecule has 1 aliphatic carbocycles. The molecule has 0 saturated carbocycles. The Kier molecular flexibility index (Phi) is 6.34. The van der Waals surface area contributed by atoms with E-state index < -0.39 is 23.1 Å². The molecule has 0 bridgehead atoms. The van der Waals surface area contributed by atoms with Crippen molar-refractivity contribution < 1.29 is 23.9 Å². The zero-order valence-electron chi connectivity index (χ0n) is 18.9. The van der Waals surface area contributed by atoms with Gasteiger partial charge in [0.2, 0.25) is 17.2 Å². The molecule has 2 aromatic rings. The van der Waals surface area contributed by atoms with Crippen LogP contribution in [0.4, 0.5) is 0 Å². The van der Waals surface area contributed by atoms with Gasteiger partial charge in [-0.1, -0.05) is 24.3 Å². The first-order valence-corrected chi connectivity index (χ1v) is 10.6. The lowest BCUT2D eigenvalue weighted by atomic mass is 9.79. The first-order valence-electron chi connectivity index (χ1n) is 10.6. The quantitative estimate of drug-likeness (QED) is 0.355. The van der Waals surface area contributed by atoms with Crippen molar-refractivity contribution >= 4 is 28.6 Å². The number of ketones is 2. The van der Waals surface area contributed by atoms with E-state index in [1.54, 1.807) is 49.7 Å². The number of rotatable bonds is 7. The van der Waals surface area contributed by atoms with Gasteiger partial charge in [-0.3, -0.25) is 14.6 Å². The minimum Gasteiger partial charge on any atom is -0.438 e. The van der Waals surface area contributed by atoms with Gasteiger partial charge in [-0.05, 0) is 42.9 Å². The van der Waals surface area contributed by atoms with Crippen LogP contribution in [-0.4, -0.2) is 58.3 Å². The maximum absolute atomic E-state index is 13.4. The van der Waals surface area contributed by atoms with E-state index in [1.807, 2.05) is 17.1 Å². The lowest BCUT2D eigenvalue weighted by molar-refractivity contribution is -0.145. The van der Waals surface area contributed by atoms with Crippen LogP contribution in [0.1, 0.15) is 17.4 Å². The number of nitrogens with zero attached hydrogens (tertiary/aromatic N) is 3. The Morgan fingerprint density at radius 1 is 1.21 bits per heavy atom. The summed E-state index contributed by atoms with van der Waals surface area (Å²) in [7, 11) is 1.59. The summed E-state index contributed by atoms with van der Waals surface area (Å²) >= 11 is 0. The molecule has 0 N–H and O–H groups in total. The summed E-state index contributed by atoms with van der Waals surface area (Å²) in [6.45, 7) is 5.91. The van der Waals surface area contributed by atoms with Crippen LogP contribution in [0.3, 0.4) is 0 Å². The van der Waals surface area contributed by atoms with Gasteiger partial charge in [0.1, 0.15) is 0 Å². The third-order valence-electron chi connectivity index (χ3n) is 5.50. The second kappa shape index (κ2) is 9.36. The smallest absolute Gasteiger partial charge is 0.360 e. The third kappa shape index (κ3) is 4.23. The molecule has 0 spiro atoms. The molecule has 1 aromatic heterocycles. The lowest BCUT2D eigenvalue weighted by Gasteiger charge is -2.34. The molecule has 1 atom stereocenters. The fraction of sp³-hybridized carbons (Fsp3) is 0.192. The molecule has 1 aliphatic heterocycles. The van der Waals surface area contributed by atoms with Crippen molar-refractivity contribution in [3.8, 4) is 0 Å². The Labute approximate surface area is 196 Å². The summed E-state index contributed by atoms with van der Waals surface area (Å²) in [5, 5.41) is 0. The average Bonchev–Trinajstić information content (AvgIpc) is 2.83. The number of ether oxygens (including phenoxy) is 2. The molecule has 0 radical (unpaired) electrons. The van der Waals surface area contributed by atoms with E-state index >= 15 is 0 Å². The monoisotopic (exact) mass is 457 g/mol. The Morgan fingerprint density at radius 3 is 2.71 bits per heavy atom. The number of hydrogen-bond acceptors (Lipinski definition) is 8. The van der Waals surface area contributed by atoms with Crippen LogP contribution in [0.2, 0.25) is 0 Å². The minimum absolute atomic E-state index is 0.0910. The van der Waals surface area contributed by atoms with Crippen LogP contribution >= 0.6 is 0 Å². The molecular weight excluding hydrogens is 434 g/mol. The van der Waals surface area contributed by atoms with Crippen molar-refractivity contribution in [1.29, 1.82) is 0 Å². The normalized spacial score (nSPS) is 20.1. The number of para-hydroxylation sites is 2. The maximum Gasteiger partial charge on any atom is 0.360 e. The van der Waals surface area contributed by atoms with Crippen LogP contribution in [0.25, 0.3) is 11.0 Å². The Morgan fingerprint density at radius 2 is 1.97 bits per heavy atom. The van der Waals surface area contributed by atoms with Crippen molar-refractivity contribution in [3.05, 3.63) is 96.2 Å². The van der Waals surface area contributed by atoms with Gasteiger partial charge in [0.05, 0.1) is 23.8 Å². The van der Waals surface area contributed by atoms with Gasteiger partial charge in [-0.25, -0.2) is 9.78 Å². The summed E-state index contributed by atoms with van der Waals surface area (Å²) in [4.78, 5) is 49.5. The number of carbonyl (C=O) groups excluding carboxylic acids is 3. The fourth-order valence-corrected chi connectivity index (χ4v) is 3.68. The fourth-order valence-electron chi connectivity index (χ4n) is 3.68. The number of allylic oxidation sites excluding steroid dienone is 3.